The molecule has 1 aliphatic heterocycles. The van der Waals surface area contributed by atoms with Gasteiger partial charge in [0.25, 0.3) is 0 Å². The van der Waals surface area contributed by atoms with E-state index in [1.54, 1.807) is 7.11 Å². The smallest absolute Gasteiger partial charge is 0.234 e. The highest BCUT2D eigenvalue weighted by Crippen LogP contribution is 2.25. The van der Waals surface area contributed by atoms with Crippen molar-refractivity contribution in [2.75, 3.05) is 20.7 Å². The molecule has 0 aliphatic carbocycles. The van der Waals surface area contributed by atoms with Crippen LogP contribution in [-0.2, 0) is 11.2 Å². The molecule has 18 heavy (non-hydrogen) atoms. The fourth-order valence-corrected chi connectivity index (χ4v) is 2.68. The molecular formula is C14H20N2O2. The number of likely N-dealkylation sites (tertiary alicyclic amines) is 1. The first-order chi connectivity index (χ1) is 8.60. The second kappa shape index (κ2) is 5.40. The molecular weight excluding hydrogens is 228 g/mol. The third kappa shape index (κ3) is 2.82. The largest absolute Gasteiger partial charge is 0.497 e. The molecule has 1 aromatic rings. The minimum absolute atomic E-state index is 0.103. The van der Waals surface area contributed by atoms with Crippen LogP contribution in [0.25, 0.3) is 0 Å². The second-order valence-corrected chi connectivity index (χ2v) is 5.01. The standard InChI is InChI=1S/C14H20N2O2/c1-16-9-11(8-13(16)14(15)17)7-10-3-5-12(18-2)6-4-10/h3-6,11,13H,7-9H2,1-2H3,(H2,15,17)/t11-,13-/m0/s1. The van der Waals surface area contributed by atoms with Gasteiger partial charge >= 0.3 is 0 Å². The fourth-order valence-electron chi connectivity index (χ4n) is 2.68. The third-order valence-corrected chi connectivity index (χ3v) is 3.65. The van der Waals surface area contributed by atoms with E-state index < -0.39 is 0 Å². The molecule has 0 radical (unpaired) electrons. The molecule has 2 rings (SSSR count). The summed E-state index contributed by atoms with van der Waals surface area (Å²) >= 11 is 0. The molecule has 0 bridgehead atoms. The van der Waals surface area contributed by atoms with Gasteiger partial charge in [0.05, 0.1) is 13.2 Å². The van der Waals surface area contributed by atoms with Crippen molar-refractivity contribution in [3.05, 3.63) is 29.8 Å². The number of primary amides is 1. The Morgan fingerprint density at radius 1 is 1.44 bits per heavy atom. The Morgan fingerprint density at radius 3 is 2.61 bits per heavy atom. The lowest BCUT2D eigenvalue weighted by molar-refractivity contribution is -0.121. The monoisotopic (exact) mass is 248 g/mol. The summed E-state index contributed by atoms with van der Waals surface area (Å²) in [6.45, 7) is 0.930. The van der Waals surface area contributed by atoms with Gasteiger partial charge in [-0.3, -0.25) is 9.69 Å². The molecule has 1 amide bonds. The second-order valence-electron chi connectivity index (χ2n) is 5.01. The van der Waals surface area contributed by atoms with Gasteiger partial charge in [-0.05, 0) is 43.5 Å². The summed E-state index contributed by atoms with van der Waals surface area (Å²) in [6.07, 6.45) is 1.84. The number of hydrogen-bond donors (Lipinski definition) is 1. The van der Waals surface area contributed by atoms with Crippen molar-refractivity contribution < 1.29 is 9.53 Å². The van der Waals surface area contributed by atoms with E-state index in [0.717, 1.165) is 25.1 Å². The number of nitrogens with zero attached hydrogens (tertiary/aromatic N) is 1. The maximum Gasteiger partial charge on any atom is 0.234 e. The van der Waals surface area contributed by atoms with Crippen LogP contribution >= 0.6 is 0 Å². The molecule has 0 saturated carbocycles. The van der Waals surface area contributed by atoms with Gasteiger partial charge < -0.3 is 10.5 Å². The minimum atomic E-state index is -0.213. The highest BCUT2D eigenvalue weighted by Gasteiger charge is 2.32. The number of rotatable bonds is 4. The van der Waals surface area contributed by atoms with Crippen LogP contribution in [0.15, 0.2) is 24.3 Å². The highest BCUT2D eigenvalue weighted by molar-refractivity contribution is 5.80. The van der Waals surface area contributed by atoms with Crippen LogP contribution in [0.5, 0.6) is 5.75 Å². The van der Waals surface area contributed by atoms with Crippen molar-refractivity contribution in [1.82, 2.24) is 4.90 Å². The molecule has 2 atom stereocenters. The van der Waals surface area contributed by atoms with Crippen molar-refractivity contribution in [2.24, 2.45) is 11.7 Å². The summed E-state index contributed by atoms with van der Waals surface area (Å²) in [7, 11) is 3.63. The fraction of sp³-hybridized carbons (Fsp3) is 0.500. The van der Waals surface area contributed by atoms with Gasteiger partial charge in [-0.25, -0.2) is 0 Å². The molecule has 0 unspecified atom stereocenters. The zero-order chi connectivity index (χ0) is 13.1. The summed E-state index contributed by atoms with van der Waals surface area (Å²) in [4.78, 5) is 13.3. The van der Waals surface area contributed by atoms with Gasteiger partial charge in [0.1, 0.15) is 5.75 Å². The lowest BCUT2D eigenvalue weighted by Crippen LogP contribution is -2.37. The summed E-state index contributed by atoms with van der Waals surface area (Å²) < 4.78 is 5.14. The number of hydrogen-bond acceptors (Lipinski definition) is 3. The Balaban J connectivity index is 1.96. The minimum Gasteiger partial charge on any atom is -0.497 e. The maximum absolute atomic E-state index is 11.3. The first kappa shape index (κ1) is 12.9. The van der Waals surface area contributed by atoms with E-state index in [-0.39, 0.29) is 11.9 Å². The van der Waals surface area contributed by atoms with Crippen LogP contribution in [-0.4, -0.2) is 37.6 Å². The molecule has 1 aliphatic rings. The first-order valence-corrected chi connectivity index (χ1v) is 6.22. The van der Waals surface area contributed by atoms with E-state index in [0.29, 0.717) is 5.92 Å². The van der Waals surface area contributed by atoms with Crippen molar-refractivity contribution in [2.45, 2.75) is 18.9 Å². The molecule has 1 aromatic carbocycles. The Bertz CT molecular complexity index is 416. The summed E-state index contributed by atoms with van der Waals surface area (Å²) in [6, 6.07) is 8.00. The van der Waals surface area contributed by atoms with Gasteiger partial charge in [-0.2, -0.15) is 0 Å². The maximum atomic E-state index is 11.3. The van der Waals surface area contributed by atoms with Crippen LogP contribution in [0.1, 0.15) is 12.0 Å². The number of carbonyl (C=O) groups is 1. The number of benzene rings is 1. The summed E-state index contributed by atoms with van der Waals surface area (Å²) in [5.41, 5.74) is 6.66. The van der Waals surface area contributed by atoms with Gasteiger partial charge in [0.2, 0.25) is 5.91 Å². The van der Waals surface area contributed by atoms with Gasteiger partial charge in [-0.15, -0.1) is 0 Å². The Hall–Kier alpha value is -1.55. The first-order valence-electron chi connectivity index (χ1n) is 6.22. The Labute approximate surface area is 108 Å². The lowest BCUT2D eigenvalue weighted by atomic mass is 9.96. The van der Waals surface area contributed by atoms with Crippen LogP contribution in [0.3, 0.4) is 0 Å². The van der Waals surface area contributed by atoms with Crippen molar-refractivity contribution in [3.8, 4) is 5.75 Å². The summed E-state index contributed by atoms with van der Waals surface area (Å²) in [5, 5.41) is 0. The molecule has 1 saturated heterocycles. The number of methoxy groups -OCH3 is 1. The molecule has 0 aromatic heterocycles. The summed E-state index contributed by atoms with van der Waals surface area (Å²) in [5.74, 6) is 1.16. The SMILES string of the molecule is COc1ccc(C[C@H]2C[C@@H](C(N)=O)N(C)C2)cc1. The number of likely N-dealkylation sites (N-methyl/N-ethyl adjacent to an activating group) is 1. The zero-order valence-corrected chi connectivity index (χ0v) is 10.9. The predicted molar refractivity (Wildman–Crippen MR) is 70.4 cm³/mol. The quantitative estimate of drug-likeness (QED) is 0.866. The van der Waals surface area contributed by atoms with E-state index in [4.69, 9.17) is 10.5 Å². The molecule has 0 spiro atoms. The number of ether oxygens (including phenoxy) is 1. The number of amides is 1. The van der Waals surface area contributed by atoms with E-state index in [1.807, 2.05) is 19.2 Å². The number of carbonyl (C=O) groups excluding carboxylic acids is 1. The van der Waals surface area contributed by atoms with Crippen LogP contribution in [0.4, 0.5) is 0 Å². The molecule has 1 fully saturated rings. The van der Waals surface area contributed by atoms with Crippen LogP contribution < -0.4 is 10.5 Å². The third-order valence-electron chi connectivity index (χ3n) is 3.65. The topological polar surface area (TPSA) is 55.6 Å². The van der Waals surface area contributed by atoms with Crippen LogP contribution in [0, 0.1) is 5.92 Å². The highest BCUT2D eigenvalue weighted by atomic mass is 16.5. The molecule has 1 heterocycles. The zero-order valence-electron chi connectivity index (χ0n) is 10.9. The molecule has 4 nitrogen and oxygen atoms in total. The average Bonchev–Trinajstić information content (AvgIpc) is 2.71. The molecule has 98 valence electrons. The van der Waals surface area contributed by atoms with E-state index in [9.17, 15) is 4.79 Å². The van der Waals surface area contributed by atoms with Crippen molar-refractivity contribution >= 4 is 5.91 Å². The van der Waals surface area contributed by atoms with E-state index >= 15 is 0 Å². The van der Waals surface area contributed by atoms with Crippen molar-refractivity contribution in [3.63, 3.8) is 0 Å². The number of nitrogens with two attached hydrogens (primary N) is 1. The Morgan fingerprint density at radius 2 is 2.11 bits per heavy atom. The van der Waals surface area contributed by atoms with Gasteiger partial charge in [0.15, 0.2) is 0 Å². The van der Waals surface area contributed by atoms with E-state index in [1.165, 1.54) is 5.56 Å². The Kier molecular flexibility index (Phi) is 3.87. The van der Waals surface area contributed by atoms with E-state index in [2.05, 4.69) is 17.0 Å². The van der Waals surface area contributed by atoms with Crippen molar-refractivity contribution in [1.29, 1.82) is 0 Å². The van der Waals surface area contributed by atoms with Gasteiger partial charge in [0, 0.05) is 6.54 Å². The van der Waals surface area contributed by atoms with Gasteiger partial charge in [-0.1, -0.05) is 12.1 Å². The normalized spacial score (nSPS) is 24.1. The molecule has 4 heteroatoms. The average molecular weight is 248 g/mol. The predicted octanol–water partition coefficient (Wildman–Crippen LogP) is 1.04. The molecule has 2 N–H and O–H groups in total. The lowest BCUT2D eigenvalue weighted by Gasteiger charge is -2.14. The van der Waals surface area contributed by atoms with Crippen LogP contribution in [0.2, 0.25) is 0 Å².